The number of nitrogens with one attached hydrogen (secondary N) is 1. The summed E-state index contributed by atoms with van der Waals surface area (Å²) in [6.45, 7) is 4.00. The number of fused-ring (bicyclic) bond motifs is 2. The van der Waals surface area contributed by atoms with Crippen LogP contribution in [0.5, 0.6) is 5.75 Å². The molecule has 2 aromatic rings. The van der Waals surface area contributed by atoms with Gasteiger partial charge in [-0.2, -0.15) is 0 Å². The maximum absolute atomic E-state index is 14.0. The Labute approximate surface area is 259 Å². The number of hydrogen-bond donors (Lipinski definition) is 1. The van der Waals surface area contributed by atoms with Crippen molar-refractivity contribution in [2.75, 3.05) is 33.8 Å². The van der Waals surface area contributed by atoms with Crippen LogP contribution >= 0.6 is 0 Å². The molecule has 4 unspecified atom stereocenters. The number of ether oxygens (including phenoxy) is 2. The Morgan fingerprint density at radius 3 is 2.61 bits per heavy atom. The third kappa shape index (κ3) is 4.57. The number of amides is 3. The number of rotatable bonds is 6. The maximum atomic E-state index is 14.0. The van der Waals surface area contributed by atoms with Crippen LogP contribution in [0.2, 0.25) is 0 Å². The highest BCUT2D eigenvalue weighted by Crippen LogP contribution is 2.53. The predicted octanol–water partition coefficient (Wildman–Crippen LogP) is 4.06. The van der Waals surface area contributed by atoms with Crippen molar-refractivity contribution < 1.29 is 19.1 Å². The number of hydrogen-bond acceptors (Lipinski definition) is 6. The molecular weight excluding hydrogens is 554 g/mol. The topological polar surface area (TPSA) is 77.6 Å². The third-order valence-electron chi connectivity index (χ3n) is 10.0. The fourth-order valence-corrected chi connectivity index (χ4v) is 8.05. The Morgan fingerprint density at radius 2 is 1.86 bits per heavy atom. The number of carbonyl (C=O) groups excluding carboxylic acids is 2. The molecule has 5 heterocycles. The monoisotopic (exact) mass is 595 g/mol. The second-order valence-corrected chi connectivity index (χ2v) is 12.4. The molecule has 9 heteroatoms. The van der Waals surface area contributed by atoms with Crippen molar-refractivity contribution in [1.29, 1.82) is 0 Å². The van der Waals surface area contributed by atoms with Gasteiger partial charge >= 0.3 is 6.03 Å². The number of likely N-dealkylation sites (N-methyl/N-ethyl adjacent to an activating group) is 1. The minimum absolute atomic E-state index is 0.0543. The summed E-state index contributed by atoms with van der Waals surface area (Å²) in [7, 11) is 3.47. The lowest BCUT2D eigenvalue weighted by molar-refractivity contribution is -0.285. The van der Waals surface area contributed by atoms with Gasteiger partial charge in [0.2, 0.25) is 5.91 Å². The number of urea groups is 1. The Kier molecular flexibility index (Phi) is 7.56. The van der Waals surface area contributed by atoms with Gasteiger partial charge in [-0.3, -0.25) is 9.69 Å². The summed E-state index contributed by atoms with van der Waals surface area (Å²) in [5.41, 5.74) is 3.04. The van der Waals surface area contributed by atoms with Gasteiger partial charge in [0.05, 0.1) is 19.7 Å². The van der Waals surface area contributed by atoms with Crippen LogP contribution in [-0.2, 0) is 16.1 Å². The normalized spacial score (nSPS) is 32.6. The number of benzene rings is 2. The van der Waals surface area contributed by atoms with E-state index in [-0.39, 0.29) is 42.7 Å². The highest BCUT2D eigenvalue weighted by molar-refractivity contribution is 5.83. The van der Waals surface area contributed by atoms with Gasteiger partial charge in [0.15, 0.2) is 0 Å². The van der Waals surface area contributed by atoms with Crippen LogP contribution in [0, 0.1) is 0 Å². The zero-order chi connectivity index (χ0) is 30.4. The molecule has 3 amide bonds. The zero-order valence-corrected chi connectivity index (χ0v) is 25.6. The number of piperazine rings is 1. The molecule has 0 saturated carbocycles. The number of allylic oxidation sites excluding steroid dienone is 3. The first kappa shape index (κ1) is 28.8. The van der Waals surface area contributed by atoms with Crippen molar-refractivity contribution in [2.45, 2.75) is 62.2 Å². The van der Waals surface area contributed by atoms with Crippen LogP contribution in [0.3, 0.4) is 0 Å². The van der Waals surface area contributed by atoms with Crippen molar-refractivity contribution in [2.24, 2.45) is 0 Å². The molecule has 7 rings (SSSR count). The summed E-state index contributed by atoms with van der Waals surface area (Å²) >= 11 is 0. The van der Waals surface area contributed by atoms with E-state index in [2.05, 4.69) is 77.9 Å². The Hall–Kier alpha value is -3.92. The molecule has 44 heavy (non-hydrogen) atoms. The van der Waals surface area contributed by atoms with Gasteiger partial charge in [0.1, 0.15) is 29.7 Å². The molecule has 230 valence electrons. The summed E-state index contributed by atoms with van der Waals surface area (Å²) < 4.78 is 11.9. The highest BCUT2D eigenvalue weighted by Gasteiger charge is 2.69. The first-order valence-electron chi connectivity index (χ1n) is 15.7. The molecule has 1 N–H and O–H groups in total. The smallest absolute Gasteiger partial charge is 0.334 e. The van der Waals surface area contributed by atoms with E-state index in [1.54, 1.807) is 17.1 Å². The average molecular weight is 596 g/mol. The van der Waals surface area contributed by atoms with Gasteiger partial charge in [-0.05, 0) is 41.3 Å². The van der Waals surface area contributed by atoms with E-state index in [1.807, 2.05) is 36.2 Å². The molecule has 6 atom stereocenters. The van der Waals surface area contributed by atoms with E-state index in [1.165, 1.54) is 11.1 Å². The Bertz CT molecular complexity index is 1490. The summed E-state index contributed by atoms with van der Waals surface area (Å²) in [5, 5.41) is 6.67. The summed E-state index contributed by atoms with van der Waals surface area (Å²) in [5.74, 6) is 0.959. The minimum Gasteiger partial charge on any atom is -0.497 e. The molecule has 2 aromatic carbocycles. The minimum atomic E-state index is -0.443. The standard InChI is InChI=1S/C35H41N5O4/c1-4-10-29-35-30-14-9-8-13-26(19-31(35)44-30)28(25-11-6-5-7-12-25)21-38(35)22-32-39(29)33(41)23-37(2)40(32)34(42)36-20-24-15-17-27(43-3)18-16-24/h5-9,11-19,28-32H,4,10,20-23H2,1-3H3,(H,36,42)/b13-8-,14-9-/t28?,29-,30?,31?,32-,35?/m0/s1. The number of nitrogens with zero attached hydrogens (tertiary/aromatic N) is 4. The molecule has 0 radical (unpaired) electrons. The van der Waals surface area contributed by atoms with Crippen LogP contribution < -0.4 is 10.1 Å². The lowest BCUT2D eigenvalue weighted by atomic mass is 9.68. The van der Waals surface area contributed by atoms with E-state index >= 15 is 0 Å². The first-order valence-corrected chi connectivity index (χ1v) is 15.7. The van der Waals surface area contributed by atoms with Crippen molar-refractivity contribution in [1.82, 2.24) is 25.1 Å². The molecule has 3 fully saturated rings. The number of hydrazine groups is 1. The van der Waals surface area contributed by atoms with E-state index in [0.717, 1.165) is 30.7 Å². The van der Waals surface area contributed by atoms with Crippen LogP contribution in [0.4, 0.5) is 4.79 Å². The lowest BCUT2D eigenvalue weighted by Crippen LogP contribution is -2.88. The van der Waals surface area contributed by atoms with E-state index in [0.29, 0.717) is 13.1 Å². The first-order chi connectivity index (χ1) is 21.4. The Balaban J connectivity index is 1.26. The number of methoxy groups -OCH3 is 1. The number of carbonyl (C=O) groups is 2. The van der Waals surface area contributed by atoms with Crippen molar-refractivity contribution in [3.8, 4) is 5.75 Å². The van der Waals surface area contributed by atoms with E-state index in [4.69, 9.17) is 9.47 Å². The molecule has 0 aromatic heterocycles. The van der Waals surface area contributed by atoms with E-state index < -0.39 is 11.7 Å². The van der Waals surface area contributed by atoms with Crippen molar-refractivity contribution in [3.63, 3.8) is 0 Å². The molecule has 0 aliphatic carbocycles. The second-order valence-electron chi connectivity index (χ2n) is 12.4. The average Bonchev–Trinajstić information content (AvgIpc) is 3.11. The van der Waals surface area contributed by atoms with Gasteiger partial charge in [-0.25, -0.2) is 14.8 Å². The van der Waals surface area contributed by atoms with Crippen LogP contribution in [-0.4, -0.2) is 95.5 Å². The fraction of sp³-hybridized carbons (Fsp3) is 0.429. The zero-order valence-electron chi connectivity index (χ0n) is 25.6. The van der Waals surface area contributed by atoms with Crippen molar-refractivity contribution >= 4 is 11.9 Å². The molecule has 5 aliphatic heterocycles. The van der Waals surface area contributed by atoms with Gasteiger partial charge in [0, 0.05) is 32.6 Å². The van der Waals surface area contributed by atoms with Crippen molar-refractivity contribution in [3.05, 3.63) is 102 Å². The third-order valence-corrected chi connectivity index (χ3v) is 10.0. The maximum Gasteiger partial charge on any atom is 0.334 e. The summed E-state index contributed by atoms with van der Waals surface area (Å²) in [6, 6.07) is 18.0. The predicted molar refractivity (Wildman–Crippen MR) is 168 cm³/mol. The molecular formula is C35H41N5O4. The van der Waals surface area contributed by atoms with Gasteiger partial charge in [-0.1, -0.05) is 80.1 Å². The molecule has 5 aliphatic rings. The molecule has 1 spiro atoms. The molecule has 9 nitrogen and oxygen atoms in total. The quantitative estimate of drug-likeness (QED) is 0.543. The summed E-state index contributed by atoms with van der Waals surface area (Å²) in [4.78, 5) is 32.6. The molecule has 3 bridgehead atoms. The Morgan fingerprint density at radius 1 is 1.07 bits per heavy atom. The summed E-state index contributed by atoms with van der Waals surface area (Å²) in [6.07, 6.45) is 11.8. The van der Waals surface area contributed by atoms with Gasteiger partial charge in [0.25, 0.3) is 0 Å². The highest BCUT2D eigenvalue weighted by atomic mass is 16.5. The van der Waals surface area contributed by atoms with Crippen LogP contribution in [0.15, 0.2) is 90.6 Å². The molecule has 3 saturated heterocycles. The van der Waals surface area contributed by atoms with Crippen LogP contribution in [0.25, 0.3) is 0 Å². The van der Waals surface area contributed by atoms with E-state index in [9.17, 15) is 9.59 Å². The SMILES string of the molecule is CCC[C@@H]1N2C(=O)CN(C)N(C(=O)NCc3ccc(OC)cc3)[C@H]2CN2CC(c3ccccc3)C3=CC4OC(/C=C\C=C/3)C412. The fourth-order valence-electron chi connectivity index (χ4n) is 8.05. The lowest BCUT2D eigenvalue weighted by Gasteiger charge is -2.69. The van der Waals surface area contributed by atoms with Gasteiger partial charge in [-0.15, -0.1) is 0 Å². The largest absolute Gasteiger partial charge is 0.497 e. The van der Waals surface area contributed by atoms with Gasteiger partial charge < -0.3 is 19.7 Å². The second kappa shape index (κ2) is 11.5. The van der Waals surface area contributed by atoms with Crippen LogP contribution in [0.1, 0.15) is 36.8 Å².